The van der Waals surface area contributed by atoms with E-state index in [1.54, 1.807) is 6.07 Å². The molecule has 0 saturated carbocycles. The molecule has 0 saturated heterocycles. The largest absolute Gasteiger partial charge is 0.488 e. The zero-order valence-electron chi connectivity index (χ0n) is 13.6. The van der Waals surface area contributed by atoms with Crippen LogP contribution in [-0.2, 0) is 11.3 Å². The van der Waals surface area contributed by atoms with Gasteiger partial charge in [-0.3, -0.25) is 0 Å². The van der Waals surface area contributed by atoms with E-state index in [2.05, 4.69) is 13.8 Å². The minimum Gasteiger partial charge on any atom is -0.488 e. The summed E-state index contributed by atoms with van der Waals surface area (Å²) < 4.78 is 25.3. The number of rotatable bonds is 7. The lowest BCUT2D eigenvalue weighted by Gasteiger charge is -2.28. The second-order valence-corrected chi connectivity index (χ2v) is 6.37. The molecular weight excluding hydrogens is 315 g/mol. The standard InChI is InChI=1S/C19H22ClFO2/c1-13(2)19(22-12-15-7-5-4-6-8-15)14(3)23-18-10-16(20)9-17(21)11-18/h4-11,13-14,19H,12H2,1-3H3/t14-,19+/m0/s1. The molecule has 0 bridgehead atoms. The zero-order valence-corrected chi connectivity index (χ0v) is 14.4. The Balaban J connectivity index is 2.01. The van der Waals surface area contributed by atoms with Crippen LogP contribution in [-0.4, -0.2) is 12.2 Å². The first kappa shape index (κ1) is 17.8. The van der Waals surface area contributed by atoms with Gasteiger partial charge >= 0.3 is 0 Å². The number of halogens is 2. The Labute approximate surface area is 142 Å². The van der Waals surface area contributed by atoms with Crippen molar-refractivity contribution >= 4 is 11.6 Å². The highest BCUT2D eigenvalue weighted by Crippen LogP contribution is 2.24. The summed E-state index contributed by atoms with van der Waals surface area (Å²) in [6.45, 7) is 6.60. The van der Waals surface area contributed by atoms with E-state index in [4.69, 9.17) is 21.1 Å². The summed E-state index contributed by atoms with van der Waals surface area (Å²) >= 11 is 5.87. The molecule has 2 rings (SSSR count). The molecule has 0 aliphatic carbocycles. The molecule has 0 unspecified atom stereocenters. The van der Waals surface area contributed by atoms with Crippen molar-refractivity contribution in [3.63, 3.8) is 0 Å². The maximum Gasteiger partial charge on any atom is 0.128 e. The number of hydrogen-bond acceptors (Lipinski definition) is 2. The average Bonchev–Trinajstić information content (AvgIpc) is 2.47. The third-order valence-corrected chi connectivity index (χ3v) is 3.78. The summed E-state index contributed by atoms with van der Waals surface area (Å²) in [4.78, 5) is 0. The second kappa shape index (κ2) is 8.32. The van der Waals surface area contributed by atoms with Crippen molar-refractivity contribution in [2.24, 2.45) is 5.92 Å². The highest BCUT2D eigenvalue weighted by atomic mass is 35.5. The topological polar surface area (TPSA) is 18.5 Å². The van der Waals surface area contributed by atoms with Gasteiger partial charge in [-0.1, -0.05) is 55.8 Å². The molecule has 0 N–H and O–H groups in total. The molecule has 4 heteroatoms. The molecule has 0 heterocycles. The van der Waals surface area contributed by atoms with Crippen LogP contribution in [0.25, 0.3) is 0 Å². The highest BCUT2D eigenvalue weighted by Gasteiger charge is 2.23. The molecule has 23 heavy (non-hydrogen) atoms. The number of ether oxygens (including phenoxy) is 2. The van der Waals surface area contributed by atoms with E-state index in [1.807, 2.05) is 37.3 Å². The lowest BCUT2D eigenvalue weighted by Crippen LogP contribution is -2.35. The summed E-state index contributed by atoms with van der Waals surface area (Å²) in [5.74, 6) is 0.264. The van der Waals surface area contributed by atoms with Crippen molar-refractivity contribution in [1.82, 2.24) is 0 Å². The van der Waals surface area contributed by atoms with Crippen LogP contribution in [0.15, 0.2) is 48.5 Å². The third-order valence-electron chi connectivity index (χ3n) is 3.56. The van der Waals surface area contributed by atoms with E-state index in [1.165, 1.54) is 12.1 Å². The van der Waals surface area contributed by atoms with E-state index < -0.39 is 5.82 Å². The van der Waals surface area contributed by atoms with Crippen molar-refractivity contribution in [3.05, 3.63) is 64.9 Å². The normalized spacial score (nSPS) is 13.8. The maximum absolute atomic E-state index is 13.4. The van der Waals surface area contributed by atoms with E-state index in [-0.39, 0.29) is 18.1 Å². The van der Waals surface area contributed by atoms with Crippen LogP contribution in [0.1, 0.15) is 26.3 Å². The molecule has 0 amide bonds. The molecule has 2 aromatic rings. The highest BCUT2D eigenvalue weighted by molar-refractivity contribution is 6.30. The van der Waals surface area contributed by atoms with Gasteiger partial charge in [0.15, 0.2) is 0 Å². The average molecular weight is 337 g/mol. The summed E-state index contributed by atoms with van der Waals surface area (Å²) in [5, 5.41) is 0.318. The Morgan fingerprint density at radius 2 is 1.74 bits per heavy atom. The molecule has 0 spiro atoms. The first-order chi connectivity index (χ1) is 11.0. The smallest absolute Gasteiger partial charge is 0.128 e. The SMILES string of the molecule is CC(C)[C@@H](OCc1ccccc1)[C@H](C)Oc1cc(F)cc(Cl)c1. The van der Waals surface area contributed by atoms with Crippen LogP contribution in [0.3, 0.4) is 0 Å². The molecule has 0 radical (unpaired) electrons. The quantitative estimate of drug-likeness (QED) is 0.665. The Kier molecular flexibility index (Phi) is 6.43. The van der Waals surface area contributed by atoms with Gasteiger partial charge < -0.3 is 9.47 Å². The fourth-order valence-electron chi connectivity index (χ4n) is 2.51. The minimum absolute atomic E-state index is 0.114. The van der Waals surface area contributed by atoms with Crippen LogP contribution in [0.2, 0.25) is 5.02 Å². The van der Waals surface area contributed by atoms with E-state index >= 15 is 0 Å². The Morgan fingerprint density at radius 1 is 1.04 bits per heavy atom. The van der Waals surface area contributed by atoms with Gasteiger partial charge in [-0.05, 0) is 30.5 Å². The molecule has 2 aromatic carbocycles. The molecule has 0 aromatic heterocycles. The zero-order chi connectivity index (χ0) is 16.8. The molecule has 2 atom stereocenters. The fraction of sp³-hybridized carbons (Fsp3) is 0.368. The minimum atomic E-state index is -0.411. The predicted molar refractivity (Wildman–Crippen MR) is 91.4 cm³/mol. The fourth-order valence-corrected chi connectivity index (χ4v) is 2.73. The van der Waals surface area contributed by atoms with Crippen molar-refractivity contribution < 1.29 is 13.9 Å². The van der Waals surface area contributed by atoms with Crippen LogP contribution < -0.4 is 4.74 Å². The molecule has 0 aliphatic rings. The maximum atomic E-state index is 13.4. The van der Waals surface area contributed by atoms with Crippen molar-refractivity contribution in [2.75, 3.05) is 0 Å². The summed E-state index contributed by atoms with van der Waals surface area (Å²) in [5.41, 5.74) is 1.11. The van der Waals surface area contributed by atoms with Crippen LogP contribution in [0.4, 0.5) is 4.39 Å². The summed E-state index contributed by atoms with van der Waals surface area (Å²) in [7, 11) is 0. The monoisotopic (exact) mass is 336 g/mol. The number of hydrogen-bond donors (Lipinski definition) is 0. The van der Waals surface area contributed by atoms with Crippen molar-refractivity contribution in [2.45, 2.75) is 39.6 Å². The first-order valence-corrected chi connectivity index (χ1v) is 8.12. The van der Waals surface area contributed by atoms with Gasteiger partial charge in [0.05, 0.1) is 12.7 Å². The summed E-state index contributed by atoms with van der Waals surface area (Å²) in [6, 6.07) is 14.2. The van der Waals surface area contributed by atoms with Crippen LogP contribution in [0.5, 0.6) is 5.75 Å². The Morgan fingerprint density at radius 3 is 2.35 bits per heavy atom. The predicted octanol–water partition coefficient (Wildman–Crippen LogP) is 5.49. The molecular formula is C19H22ClFO2. The molecule has 0 aliphatic heterocycles. The first-order valence-electron chi connectivity index (χ1n) is 7.74. The van der Waals surface area contributed by atoms with Gasteiger partial charge in [0.2, 0.25) is 0 Å². The lowest BCUT2D eigenvalue weighted by atomic mass is 10.0. The van der Waals surface area contributed by atoms with Gasteiger partial charge in [-0.25, -0.2) is 4.39 Å². The molecule has 0 fully saturated rings. The summed E-state index contributed by atoms with van der Waals surface area (Å²) in [6.07, 6.45) is -0.339. The van der Waals surface area contributed by atoms with E-state index in [0.717, 1.165) is 5.56 Å². The third kappa shape index (κ3) is 5.52. The van der Waals surface area contributed by atoms with Gasteiger partial charge in [-0.2, -0.15) is 0 Å². The molecule has 124 valence electrons. The van der Waals surface area contributed by atoms with Gasteiger partial charge in [0.1, 0.15) is 17.7 Å². The van der Waals surface area contributed by atoms with Crippen LogP contribution >= 0.6 is 11.6 Å². The molecule has 2 nitrogen and oxygen atoms in total. The Hall–Kier alpha value is -1.58. The van der Waals surface area contributed by atoms with E-state index in [0.29, 0.717) is 17.4 Å². The van der Waals surface area contributed by atoms with Gasteiger partial charge in [0.25, 0.3) is 0 Å². The Bertz CT molecular complexity index is 596. The lowest BCUT2D eigenvalue weighted by molar-refractivity contribution is -0.0528. The van der Waals surface area contributed by atoms with E-state index in [9.17, 15) is 4.39 Å². The van der Waals surface area contributed by atoms with Crippen molar-refractivity contribution in [1.29, 1.82) is 0 Å². The van der Waals surface area contributed by atoms with Gasteiger partial charge in [0, 0.05) is 11.1 Å². The van der Waals surface area contributed by atoms with Crippen molar-refractivity contribution in [3.8, 4) is 5.75 Å². The second-order valence-electron chi connectivity index (χ2n) is 5.93. The number of benzene rings is 2. The van der Waals surface area contributed by atoms with Gasteiger partial charge in [-0.15, -0.1) is 0 Å². The van der Waals surface area contributed by atoms with Crippen LogP contribution in [0, 0.1) is 11.7 Å².